The van der Waals surface area contributed by atoms with E-state index in [0.717, 1.165) is 64.1 Å². The molecular formula is C19H31N5O2. The molecule has 0 atom stereocenters. The molecule has 3 rings (SSSR count). The van der Waals surface area contributed by atoms with Crippen molar-refractivity contribution in [1.82, 2.24) is 19.8 Å². The smallest absolute Gasteiger partial charge is 0.410 e. The number of amides is 1. The SMILES string of the molecule is CCNc1ncc(CN2CCC3(CC2)CN(CCC(C)C)C(=O)O3)cn1. The van der Waals surface area contributed by atoms with Gasteiger partial charge in [-0.05, 0) is 19.3 Å². The van der Waals surface area contributed by atoms with Crippen LogP contribution < -0.4 is 5.32 Å². The summed E-state index contributed by atoms with van der Waals surface area (Å²) in [4.78, 5) is 25.1. The number of rotatable bonds is 7. The number of carbonyl (C=O) groups excluding carboxylic acids is 1. The van der Waals surface area contributed by atoms with E-state index in [1.54, 1.807) is 0 Å². The van der Waals surface area contributed by atoms with Gasteiger partial charge in [0.1, 0.15) is 5.60 Å². The molecule has 1 amide bonds. The zero-order chi connectivity index (χ0) is 18.6. The van der Waals surface area contributed by atoms with E-state index >= 15 is 0 Å². The highest BCUT2D eigenvalue weighted by atomic mass is 16.6. The van der Waals surface area contributed by atoms with E-state index < -0.39 is 0 Å². The van der Waals surface area contributed by atoms with Crippen LogP contribution in [-0.4, -0.2) is 64.2 Å². The molecule has 1 N–H and O–H groups in total. The summed E-state index contributed by atoms with van der Waals surface area (Å²) in [7, 11) is 0. The Hall–Kier alpha value is -1.89. The summed E-state index contributed by atoms with van der Waals surface area (Å²) in [6.07, 6.45) is 6.46. The number of carbonyl (C=O) groups is 1. The topological polar surface area (TPSA) is 70.6 Å². The maximum atomic E-state index is 12.2. The van der Waals surface area contributed by atoms with Crippen molar-refractivity contribution in [3.63, 3.8) is 0 Å². The fourth-order valence-electron chi connectivity index (χ4n) is 3.60. The molecule has 3 heterocycles. The molecule has 26 heavy (non-hydrogen) atoms. The van der Waals surface area contributed by atoms with Gasteiger partial charge in [-0.1, -0.05) is 13.8 Å². The van der Waals surface area contributed by atoms with Crippen molar-refractivity contribution in [3.05, 3.63) is 18.0 Å². The highest BCUT2D eigenvalue weighted by Crippen LogP contribution is 2.33. The quantitative estimate of drug-likeness (QED) is 0.805. The van der Waals surface area contributed by atoms with Crippen molar-refractivity contribution in [2.24, 2.45) is 5.92 Å². The molecule has 2 aliphatic heterocycles. The zero-order valence-corrected chi connectivity index (χ0v) is 16.2. The van der Waals surface area contributed by atoms with Gasteiger partial charge >= 0.3 is 6.09 Å². The highest BCUT2D eigenvalue weighted by Gasteiger charge is 2.46. The first kappa shape index (κ1) is 18.9. The minimum absolute atomic E-state index is 0.133. The van der Waals surface area contributed by atoms with Gasteiger partial charge in [-0.2, -0.15) is 0 Å². The summed E-state index contributed by atoms with van der Waals surface area (Å²) in [5.74, 6) is 1.27. The third-order valence-corrected chi connectivity index (χ3v) is 5.23. The number of hydrogen-bond acceptors (Lipinski definition) is 6. The zero-order valence-electron chi connectivity index (χ0n) is 16.2. The average Bonchev–Trinajstić information content (AvgIpc) is 2.93. The van der Waals surface area contributed by atoms with Crippen LogP contribution in [0.5, 0.6) is 0 Å². The van der Waals surface area contributed by atoms with Crippen molar-refractivity contribution < 1.29 is 9.53 Å². The van der Waals surface area contributed by atoms with E-state index in [-0.39, 0.29) is 11.7 Å². The molecule has 0 aromatic carbocycles. The van der Waals surface area contributed by atoms with Gasteiger partial charge in [-0.3, -0.25) is 4.90 Å². The van der Waals surface area contributed by atoms with E-state index in [1.807, 2.05) is 24.2 Å². The van der Waals surface area contributed by atoms with Crippen LogP contribution in [-0.2, 0) is 11.3 Å². The predicted molar refractivity (Wildman–Crippen MR) is 101 cm³/mol. The Morgan fingerprint density at radius 3 is 2.58 bits per heavy atom. The van der Waals surface area contributed by atoms with Gasteiger partial charge in [0, 0.05) is 63.5 Å². The standard InChI is InChI=1S/C19H31N5O2/c1-4-20-17-21-11-16(12-22-17)13-23-9-6-19(7-10-23)14-24(18(25)26-19)8-5-15(2)3/h11-12,15H,4-10,13-14H2,1-3H3,(H,20,21,22). The third-order valence-electron chi connectivity index (χ3n) is 5.23. The first-order chi connectivity index (χ1) is 12.5. The number of hydrogen-bond donors (Lipinski definition) is 1. The number of aromatic nitrogens is 2. The van der Waals surface area contributed by atoms with Crippen LogP contribution >= 0.6 is 0 Å². The fourth-order valence-corrected chi connectivity index (χ4v) is 3.60. The second-order valence-electron chi connectivity index (χ2n) is 7.88. The molecule has 7 heteroatoms. The third kappa shape index (κ3) is 4.63. The molecule has 0 saturated carbocycles. The van der Waals surface area contributed by atoms with E-state index in [4.69, 9.17) is 4.74 Å². The average molecular weight is 361 g/mol. The lowest BCUT2D eigenvalue weighted by molar-refractivity contribution is -0.00128. The Labute approximate surface area is 156 Å². The Balaban J connectivity index is 1.49. The largest absolute Gasteiger partial charge is 0.441 e. The molecule has 1 spiro atoms. The van der Waals surface area contributed by atoms with Crippen LogP contribution in [0.4, 0.5) is 10.7 Å². The van der Waals surface area contributed by atoms with Gasteiger partial charge in [0.15, 0.2) is 0 Å². The lowest BCUT2D eigenvalue weighted by Crippen LogP contribution is -2.46. The van der Waals surface area contributed by atoms with Crippen LogP contribution in [0.15, 0.2) is 12.4 Å². The molecule has 0 radical (unpaired) electrons. The van der Waals surface area contributed by atoms with Crippen LogP contribution in [0.1, 0.15) is 45.6 Å². The minimum Gasteiger partial charge on any atom is -0.441 e. The Morgan fingerprint density at radius 2 is 1.96 bits per heavy atom. The lowest BCUT2D eigenvalue weighted by Gasteiger charge is -2.37. The van der Waals surface area contributed by atoms with Crippen molar-refractivity contribution in [2.45, 2.75) is 52.2 Å². The van der Waals surface area contributed by atoms with E-state index in [9.17, 15) is 4.79 Å². The molecule has 1 aromatic heterocycles. The van der Waals surface area contributed by atoms with E-state index in [0.29, 0.717) is 11.9 Å². The fraction of sp³-hybridized carbons (Fsp3) is 0.737. The number of piperidine rings is 1. The van der Waals surface area contributed by atoms with Gasteiger partial charge in [0.2, 0.25) is 5.95 Å². The first-order valence-electron chi connectivity index (χ1n) is 9.75. The molecule has 1 aromatic rings. The molecule has 144 valence electrons. The number of likely N-dealkylation sites (tertiary alicyclic amines) is 1. The van der Waals surface area contributed by atoms with Gasteiger partial charge in [0.05, 0.1) is 6.54 Å². The Kier molecular flexibility index (Phi) is 5.96. The molecule has 2 saturated heterocycles. The molecule has 0 unspecified atom stereocenters. The van der Waals surface area contributed by atoms with Crippen molar-refractivity contribution in [2.75, 3.05) is 38.0 Å². The van der Waals surface area contributed by atoms with Gasteiger partial charge in [-0.15, -0.1) is 0 Å². The van der Waals surface area contributed by atoms with E-state index in [2.05, 4.69) is 34.0 Å². The Morgan fingerprint density at radius 1 is 1.27 bits per heavy atom. The lowest BCUT2D eigenvalue weighted by atomic mass is 9.91. The monoisotopic (exact) mass is 361 g/mol. The van der Waals surface area contributed by atoms with Crippen LogP contribution in [0, 0.1) is 5.92 Å². The van der Waals surface area contributed by atoms with E-state index in [1.165, 1.54) is 0 Å². The van der Waals surface area contributed by atoms with Crippen LogP contribution in [0.2, 0.25) is 0 Å². The second kappa shape index (κ2) is 8.20. The van der Waals surface area contributed by atoms with Crippen molar-refractivity contribution in [1.29, 1.82) is 0 Å². The molecule has 0 bridgehead atoms. The molecule has 2 fully saturated rings. The van der Waals surface area contributed by atoms with Crippen LogP contribution in [0.25, 0.3) is 0 Å². The van der Waals surface area contributed by atoms with Crippen molar-refractivity contribution in [3.8, 4) is 0 Å². The van der Waals surface area contributed by atoms with Gasteiger partial charge < -0.3 is 15.0 Å². The molecular weight excluding hydrogens is 330 g/mol. The summed E-state index contributed by atoms with van der Waals surface area (Å²) in [6.45, 7) is 11.5. The Bertz CT molecular complexity index is 596. The highest BCUT2D eigenvalue weighted by molar-refractivity contribution is 5.70. The summed E-state index contributed by atoms with van der Waals surface area (Å²) in [6, 6.07) is 0. The van der Waals surface area contributed by atoms with Gasteiger partial charge in [0.25, 0.3) is 0 Å². The van der Waals surface area contributed by atoms with Crippen LogP contribution in [0.3, 0.4) is 0 Å². The molecule has 2 aliphatic rings. The normalized spacial score (nSPS) is 20.0. The summed E-state index contributed by atoms with van der Waals surface area (Å²) >= 11 is 0. The molecule has 0 aliphatic carbocycles. The van der Waals surface area contributed by atoms with Gasteiger partial charge in [-0.25, -0.2) is 14.8 Å². The summed E-state index contributed by atoms with van der Waals surface area (Å²) in [5, 5.41) is 3.11. The number of ether oxygens (including phenoxy) is 1. The van der Waals surface area contributed by atoms with Crippen molar-refractivity contribution >= 4 is 12.0 Å². The minimum atomic E-state index is -0.282. The first-order valence-corrected chi connectivity index (χ1v) is 9.75. The maximum absolute atomic E-state index is 12.2. The second-order valence-corrected chi connectivity index (χ2v) is 7.88. The predicted octanol–water partition coefficient (Wildman–Crippen LogP) is 2.74. The summed E-state index contributed by atoms with van der Waals surface area (Å²) in [5.41, 5.74) is 0.834. The maximum Gasteiger partial charge on any atom is 0.410 e. The summed E-state index contributed by atoms with van der Waals surface area (Å²) < 4.78 is 5.80. The number of anilines is 1. The number of nitrogens with one attached hydrogen (secondary N) is 1. The molecule has 7 nitrogen and oxygen atoms in total. The number of nitrogens with zero attached hydrogens (tertiary/aromatic N) is 4.